The number of hydrogen-bond donors (Lipinski definition) is 2. The zero-order valence-electron chi connectivity index (χ0n) is 11.8. The molecule has 1 aliphatic rings. The van der Waals surface area contributed by atoms with Crippen molar-refractivity contribution >= 4 is 23.5 Å². The molecule has 0 spiro atoms. The summed E-state index contributed by atoms with van der Waals surface area (Å²) in [7, 11) is 0. The van der Waals surface area contributed by atoms with E-state index in [1.165, 1.54) is 6.33 Å². The van der Waals surface area contributed by atoms with Crippen LogP contribution in [0.1, 0.15) is 25.8 Å². The second kappa shape index (κ2) is 6.31. The van der Waals surface area contributed by atoms with E-state index in [4.69, 9.17) is 0 Å². The molecule has 7 heteroatoms. The van der Waals surface area contributed by atoms with Crippen molar-refractivity contribution in [2.24, 2.45) is 0 Å². The number of piperazine rings is 1. The highest BCUT2D eigenvalue weighted by Gasteiger charge is 2.26. The lowest BCUT2D eigenvalue weighted by Crippen LogP contribution is -2.52. The number of carbonyl (C=O) groups is 2. The Bertz CT molecular complexity index is 501. The lowest BCUT2D eigenvalue weighted by molar-refractivity contribution is -0.130. The molecule has 1 aromatic heterocycles. The van der Waals surface area contributed by atoms with Crippen LogP contribution in [0, 0.1) is 0 Å². The van der Waals surface area contributed by atoms with Crippen LogP contribution in [-0.4, -0.2) is 41.4 Å². The maximum Gasteiger partial charge on any atom is 0.246 e. The molecule has 20 heavy (non-hydrogen) atoms. The molecule has 2 amide bonds. The summed E-state index contributed by atoms with van der Waals surface area (Å²) in [5, 5.41) is 5.54. The fraction of sp³-hybridized carbons (Fsp3) is 0.538. The highest BCUT2D eigenvalue weighted by molar-refractivity contribution is 6.02. The van der Waals surface area contributed by atoms with Crippen LogP contribution in [0.25, 0.3) is 0 Å². The fourth-order valence-electron chi connectivity index (χ4n) is 2.18. The first kappa shape index (κ1) is 14.2. The van der Waals surface area contributed by atoms with Gasteiger partial charge in [-0.3, -0.25) is 14.9 Å². The standard InChI is InChI=1S/C13H19N5O2/c1-3-5-14-12-9(4-2)13(16-8-15-12)18-6-10(19)17-11(20)7-18/h8H,3-7H2,1-2H3,(H,14,15,16)(H,17,19,20). The minimum absolute atomic E-state index is 0.142. The molecular formula is C13H19N5O2. The molecule has 0 aliphatic carbocycles. The maximum atomic E-state index is 11.5. The molecule has 1 saturated heterocycles. The minimum Gasteiger partial charge on any atom is -0.370 e. The summed E-state index contributed by atoms with van der Waals surface area (Å²) in [6.45, 7) is 5.19. The number of carbonyl (C=O) groups excluding carboxylic acids is 2. The number of aromatic nitrogens is 2. The van der Waals surface area contributed by atoms with Crippen molar-refractivity contribution in [3.63, 3.8) is 0 Å². The van der Waals surface area contributed by atoms with Crippen LogP contribution in [0.4, 0.5) is 11.6 Å². The van der Waals surface area contributed by atoms with Gasteiger partial charge in [-0.05, 0) is 12.8 Å². The lowest BCUT2D eigenvalue weighted by atomic mass is 10.2. The van der Waals surface area contributed by atoms with Gasteiger partial charge in [-0.25, -0.2) is 9.97 Å². The van der Waals surface area contributed by atoms with Crippen LogP contribution in [-0.2, 0) is 16.0 Å². The highest BCUT2D eigenvalue weighted by atomic mass is 16.2. The number of amides is 2. The van der Waals surface area contributed by atoms with Crippen LogP contribution in [0.2, 0.25) is 0 Å². The first-order valence-electron chi connectivity index (χ1n) is 6.81. The molecule has 0 aromatic carbocycles. The topological polar surface area (TPSA) is 87.2 Å². The van der Waals surface area contributed by atoms with Crippen LogP contribution in [0.5, 0.6) is 0 Å². The van der Waals surface area contributed by atoms with Gasteiger partial charge < -0.3 is 10.2 Å². The molecule has 0 radical (unpaired) electrons. The number of hydrogen-bond acceptors (Lipinski definition) is 6. The maximum absolute atomic E-state index is 11.5. The molecular weight excluding hydrogens is 258 g/mol. The average Bonchev–Trinajstić information content (AvgIpc) is 2.43. The van der Waals surface area contributed by atoms with Gasteiger partial charge in [-0.15, -0.1) is 0 Å². The van der Waals surface area contributed by atoms with Crippen LogP contribution in [0.3, 0.4) is 0 Å². The predicted molar refractivity (Wildman–Crippen MR) is 75.6 cm³/mol. The quantitative estimate of drug-likeness (QED) is 0.754. The molecule has 0 bridgehead atoms. The van der Waals surface area contributed by atoms with E-state index < -0.39 is 0 Å². The van der Waals surface area contributed by atoms with Crippen molar-refractivity contribution in [2.45, 2.75) is 26.7 Å². The van der Waals surface area contributed by atoms with E-state index in [1.807, 2.05) is 6.92 Å². The average molecular weight is 277 g/mol. The van der Waals surface area contributed by atoms with Gasteiger partial charge in [0.25, 0.3) is 0 Å². The van der Waals surface area contributed by atoms with E-state index in [0.717, 1.165) is 30.8 Å². The van der Waals surface area contributed by atoms with Gasteiger partial charge in [-0.2, -0.15) is 0 Å². The van der Waals surface area contributed by atoms with Gasteiger partial charge in [0.15, 0.2) is 0 Å². The Morgan fingerprint density at radius 2 is 1.95 bits per heavy atom. The molecule has 2 rings (SSSR count). The normalized spacial score (nSPS) is 15.2. The number of rotatable bonds is 5. The van der Waals surface area contributed by atoms with Crippen molar-refractivity contribution in [1.29, 1.82) is 0 Å². The molecule has 0 saturated carbocycles. The van der Waals surface area contributed by atoms with Gasteiger partial charge >= 0.3 is 0 Å². The van der Waals surface area contributed by atoms with E-state index >= 15 is 0 Å². The van der Waals surface area contributed by atoms with Crippen LogP contribution in [0.15, 0.2) is 6.33 Å². The summed E-state index contributed by atoms with van der Waals surface area (Å²) in [5.74, 6) is 0.831. The Hall–Kier alpha value is -2.18. The van der Waals surface area contributed by atoms with E-state index in [-0.39, 0.29) is 24.9 Å². The SMILES string of the molecule is CCCNc1ncnc(N2CC(=O)NC(=O)C2)c1CC. The van der Waals surface area contributed by atoms with Crippen molar-refractivity contribution in [2.75, 3.05) is 29.9 Å². The molecule has 7 nitrogen and oxygen atoms in total. The van der Waals surface area contributed by atoms with Gasteiger partial charge in [0.2, 0.25) is 11.8 Å². The molecule has 1 fully saturated rings. The summed E-state index contributed by atoms with van der Waals surface area (Å²) < 4.78 is 0. The monoisotopic (exact) mass is 277 g/mol. The Morgan fingerprint density at radius 3 is 2.55 bits per heavy atom. The second-order valence-corrected chi connectivity index (χ2v) is 4.63. The predicted octanol–water partition coefficient (Wildman–Crippen LogP) is 0.324. The largest absolute Gasteiger partial charge is 0.370 e. The van der Waals surface area contributed by atoms with Crippen LogP contribution >= 0.6 is 0 Å². The molecule has 2 N–H and O–H groups in total. The molecule has 0 unspecified atom stereocenters. The number of nitrogens with one attached hydrogen (secondary N) is 2. The fourth-order valence-corrected chi connectivity index (χ4v) is 2.18. The van der Waals surface area contributed by atoms with Crippen molar-refractivity contribution in [1.82, 2.24) is 15.3 Å². The van der Waals surface area contributed by atoms with Crippen molar-refractivity contribution < 1.29 is 9.59 Å². The molecule has 1 aromatic rings. The number of anilines is 2. The van der Waals surface area contributed by atoms with E-state index in [1.54, 1.807) is 4.90 Å². The van der Waals surface area contributed by atoms with Crippen LogP contribution < -0.4 is 15.5 Å². The number of imide groups is 1. The van der Waals surface area contributed by atoms with E-state index in [9.17, 15) is 9.59 Å². The first-order valence-corrected chi connectivity index (χ1v) is 6.81. The zero-order chi connectivity index (χ0) is 14.5. The summed E-state index contributed by atoms with van der Waals surface area (Å²) >= 11 is 0. The molecule has 0 atom stereocenters. The van der Waals surface area contributed by atoms with E-state index in [2.05, 4.69) is 27.5 Å². The third kappa shape index (κ3) is 3.04. The molecule has 1 aliphatic heterocycles. The smallest absolute Gasteiger partial charge is 0.246 e. The van der Waals surface area contributed by atoms with Crippen molar-refractivity contribution in [3.8, 4) is 0 Å². The first-order chi connectivity index (χ1) is 9.65. The summed E-state index contributed by atoms with van der Waals surface area (Å²) in [6.07, 6.45) is 3.19. The minimum atomic E-state index is -0.301. The summed E-state index contributed by atoms with van der Waals surface area (Å²) in [4.78, 5) is 33.2. The Labute approximate surface area is 117 Å². The lowest BCUT2D eigenvalue weighted by Gasteiger charge is -2.28. The third-order valence-corrected chi connectivity index (χ3v) is 3.07. The Kier molecular flexibility index (Phi) is 4.49. The Balaban J connectivity index is 2.30. The van der Waals surface area contributed by atoms with Gasteiger partial charge in [0.05, 0.1) is 13.1 Å². The van der Waals surface area contributed by atoms with Gasteiger partial charge in [0, 0.05) is 12.1 Å². The third-order valence-electron chi connectivity index (χ3n) is 3.07. The van der Waals surface area contributed by atoms with Gasteiger partial charge in [-0.1, -0.05) is 13.8 Å². The highest BCUT2D eigenvalue weighted by Crippen LogP contribution is 2.24. The summed E-state index contributed by atoms with van der Waals surface area (Å²) in [6, 6.07) is 0. The zero-order valence-corrected chi connectivity index (χ0v) is 11.8. The number of nitrogens with zero attached hydrogens (tertiary/aromatic N) is 3. The molecule has 2 heterocycles. The van der Waals surface area contributed by atoms with E-state index in [0.29, 0.717) is 5.82 Å². The van der Waals surface area contributed by atoms with Crippen molar-refractivity contribution in [3.05, 3.63) is 11.9 Å². The second-order valence-electron chi connectivity index (χ2n) is 4.63. The molecule has 108 valence electrons. The summed E-state index contributed by atoms with van der Waals surface area (Å²) in [5.41, 5.74) is 0.934. The Morgan fingerprint density at radius 1 is 1.25 bits per heavy atom. The van der Waals surface area contributed by atoms with Gasteiger partial charge in [0.1, 0.15) is 18.0 Å².